The highest BCUT2D eigenvalue weighted by Crippen LogP contribution is 2.16. The van der Waals surface area contributed by atoms with Gasteiger partial charge in [-0.05, 0) is 25.6 Å². The number of nitrogens with zero attached hydrogens (tertiary/aromatic N) is 1. The molecule has 0 aliphatic carbocycles. The molecule has 0 radical (unpaired) electrons. The van der Waals surface area contributed by atoms with Crippen molar-refractivity contribution in [2.45, 2.75) is 18.9 Å². The second-order valence-corrected chi connectivity index (χ2v) is 5.59. The summed E-state index contributed by atoms with van der Waals surface area (Å²) in [7, 11) is 2.06. The highest BCUT2D eigenvalue weighted by Gasteiger charge is 2.21. The Balaban J connectivity index is 1.99. The Bertz CT molecular complexity index is 405. The van der Waals surface area contributed by atoms with Crippen molar-refractivity contribution < 1.29 is 9.53 Å². The van der Waals surface area contributed by atoms with Crippen LogP contribution in [0.25, 0.3) is 0 Å². The third-order valence-corrected chi connectivity index (χ3v) is 3.92. The molecular formula is C14H18BrNO2. The van der Waals surface area contributed by atoms with E-state index in [9.17, 15) is 4.79 Å². The van der Waals surface area contributed by atoms with Crippen LogP contribution >= 0.6 is 15.9 Å². The zero-order valence-electron chi connectivity index (χ0n) is 10.6. The summed E-state index contributed by atoms with van der Waals surface area (Å²) in [5.41, 5.74) is 0.789. The Morgan fingerprint density at radius 1 is 1.39 bits per heavy atom. The van der Waals surface area contributed by atoms with Crippen molar-refractivity contribution in [3.05, 3.63) is 34.3 Å². The number of hydrogen-bond acceptors (Lipinski definition) is 3. The van der Waals surface area contributed by atoms with E-state index in [1.54, 1.807) is 0 Å². The van der Waals surface area contributed by atoms with Crippen LogP contribution in [-0.2, 0) is 4.74 Å². The molecule has 98 valence electrons. The average Bonchev–Trinajstić information content (AvgIpc) is 2.56. The maximum absolute atomic E-state index is 12.2. The molecule has 0 saturated carbocycles. The van der Waals surface area contributed by atoms with Crippen LogP contribution in [0.4, 0.5) is 0 Å². The van der Waals surface area contributed by atoms with Gasteiger partial charge in [0.25, 0.3) is 0 Å². The zero-order valence-corrected chi connectivity index (χ0v) is 12.1. The number of ketones is 1. The van der Waals surface area contributed by atoms with Gasteiger partial charge in [0.2, 0.25) is 0 Å². The molecule has 0 spiro atoms. The van der Waals surface area contributed by atoms with Crippen LogP contribution in [0, 0.1) is 0 Å². The molecular weight excluding hydrogens is 294 g/mol. The third-order valence-electron chi connectivity index (χ3n) is 3.39. The Morgan fingerprint density at radius 2 is 2.11 bits per heavy atom. The van der Waals surface area contributed by atoms with E-state index >= 15 is 0 Å². The zero-order chi connectivity index (χ0) is 13.0. The van der Waals surface area contributed by atoms with E-state index in [0.717, 1.165) is 36.2 Å². The summed E-state index contributed by atoms with van der Waals surface area (Å²) >= 11 is 3.38. The molecule has 0 amide bonds. The maximum atomic E-state index is 12.2. The second kappa shape index (κ2) is 6.45. The normalized spacial score (nSPS) is 21.6. The topological polar surface area (TPSA) is 29.5 Å². The lowest BCUT2D eigenvalue weighted by Crippen LogP contribution is -2.34. The van der Waals surface area contributed by atoms with Gasteiger partial charge in [0, 0.05) is 35.7 Å². The van der Waals surface area contributed by atoms with Gasteiger partial charge in [0.05, 0.1) is 6.61 Å². The van der Waals surface area contributed by atoms with Crippen LogP contribution in [0.3, 0.4) is 0 Å². The van der Waals surface area contributed by atoms with E-state index in [1.165, 1.54) is 0 Å². The van der Waals surface area contributed by atoms with Gasteiger partial charge in [-0.25, -0.2) is 0 Å². The first kappa shape index (κ1) is 13.7. The number of Topliss-reactive ketones (excluding diaryl/α,β-unsaturated/α-hetero) is 1. The summed E-state index contributed by atoms with van der Waals surface area (Å²) in [6, 6.07) is 7.86. The fourth-order valence-electron chi connectivity index (χ4n) is 2.16. The van der Waals surface area contributed by atoms with E-state index in [4.69, 9.17) is 4.74 Å². The predicted molar refractivity (Wildman–Crippen MR) is 74.9 cm³/mol. The van der Waals surface area contributed by atoms with Crippen LogP contribution in [0.1, 0.15) is 23.2 Å². The summed E-state index contributed by atoms with van der Waals surface area (Å²) < 4.78 is 6.44. The van der Waals surface area contributed by atoms with Gasteiger partial charge in [-0.1, -0.05) is 28.1 Å². The Morgan fingerprint density at radius 3 is 2.83 bits per heavy atom. The first-order valence-corrected chi connectivity index (χ1v) is 7.03. The Labute approximate surface area is 116 Å². The average molecular weight is 312 g/mol. The molecule has 1 aromatic rings. The van der Waals surface area contributed by atoms with Gasteiger partial charge in [0.1, 0.15) is 0 Å². The highest BCUT2D eigenvalue weighted by molar-refractivity contribution is 9.10. The molecule has 1 aliphatic heterocycles. The van der Waals surface area contributed by atoms with Crippen LogP contribution in [0.5, 0.6) is 0 Å². The van der Waals surface area contributed by atoms with Gasteiger partial charge in [0.15, 0.2) is 5.78 Å². The minimum Gasteiger partial charge on any atom is -0.380 e. The van der Waals surface area contributed by atoms with Crippen molar-refractivity contribution in [3.8, 4) is 0 Å². The van der Waals surface area contributed by atoms with Crippen molar-refractivity contribution in [3.63, 3.8) is 0 Å². The van der Waals surface area contributed by atoms with Crippen molar-refractivity contribution in [1.82, 2.24) is 4.90 Å². The van der Waals surface area contributed by atoms with Crippen molar-refractivity contribution in [2.75, 3.05) is 26.8 Å². The lowest BCUT2D eigenvalue weighted by Gasteiger charge is -2.24. The van der Waals surface area contributed by atoms with Crippen molar-refractivity contribution in [1.29, 1.82) is 0 Å². The summed E-state index contributed by atoms with van der Waals surface area (Å²) in [4.78, 5) is 14.4. The van der Waals surface area contributed by atoms with Crippen molar-refractivity contribution in [2.24, 2.45) is 0 Å². The molecule has 1 aromatic carbocycles. The smallest absolute Gasteiger partial charge is 0.164 e. The van der Waals surface area contributed by atoms with E-state index < -0.39 is 0 Å². The molecule has 1 saturated heterocycles. The molecule has 4 heteroatoms. The molecule has 1 fully saturated rings. The summed E-state index contributed by atoms with van der Waals surface area (Å²) in [6.45, 7) is 2.42. The number of carbonyl (C=O) groups excluding carboxylic acids is 1. The van der Waals surface area contributed by atoms with Crippen LogP contribution < -0.4 is 0 Å². The molecule has 1 aliphatic rings. The van der Waals surface area contributed by atoms with E-state index in [2.05, 4.69) is 27.9 Å². The van der Waals surface area contributed by atoms with Gasteiger partial charge in [-0.2, -0.15) is 0 Å². The maximum Gasteiger partial charge on any atom is 0.164 e. The summed E-state index contributed by atoms with van der Waals surface area (Å²) in [5.74, 6) is 0.209. The largest absolute Gasteiger partial charge is 0.380 e. The SMILES string of the molecule is CN1CCOCCC1CC(=O)c1ccc(Br)cc1. The van der Waals surface area contributed by atoms with Crippen LogP contribution in [0.2, 0.25) is 0 Å². The lowest BCUT2D eigenvalue weighted by atomic mass is 10.0. The fourth-order valence-corrected chi connectivity index (χ4v) is 2.42. The van der Waals surface area contributed by atoms with Crippen molar-refractivity contribution >= 4 is 21.7 Å². The number of halogens is 1. The minimum absolute atomic E-state index is 0.209. The second-order valence-electron chi connectivity index (χ2n) is 4.67. The summed E-state index contributed by atoms with van der Waals surface area (Å²) in [5, 5.41) is 0. The highest BCUT2D eigenvalue weighted by atomic mass is 79.9. The monoisotopic (exact) mass is 311 g/mol. The van der Waals surface area contributed by atoms with Gasteiger partial charge < -0.3 is 9.64 Å². The molecule has 3 nitrogen and oxygen atoms in total. The number of rotatable bonds is 3. The molecule has 0 bridgehead atoms. The van der Waals surface area contributed by atoms with Gasteiger partial charge in [-0.3, -0.25) is 4.79 Å². The molecule has 18 heavy (non-hydrogen) atoms. The third kappa shape index (κ3) is 3.64. The molecule has 1 heterocycles. The van der Waals surface area contributed by atoms with Gasteiger partial charge >= 0.3 is 0 Å². The van der Waals surface area contributed by atoms with E-state index in [0.29, 0.717) is 12.5 Å². The number of likely N-dealkylation sites (N-methyl/N-ethyl adjacent to an activating group) is 1. The molecule has 2 rings (SSSR count). The predicted octanol–water partition coefficient (Wildman–Crippen LogP) is 2.74. The summed E-state index contributed by atoms with van der Waals surface area (Å²) in [6.07, 6.45) is 1.50. The quantitative estimate of drug-likeness (QED) is 0.804. The molecule has 0 N–H and O–H groups in total. The first-order valence-electron chi connectivity index (χ1n) is 6.23. The Kier molecular flexibility index (Phi) is 4.92. The number of hydrogen-bond donors (Lipinski definition) is 0. The van der Waals surface area contributed by atoms with E-state index in [1.807, 2.05) is 24.3 Å². The van der Waals surface area contributed by atoms with Gasteiger partial charge in [-0.15, -0.1) is 0 Å². The van der Waals surface area contributed by atoms with E-state index in [-0.39, 0.29) is 5.78 Å². The van der Waals surface area contributed by atoms with Crippen LogP contribution in [-0.4, -0.2) is 43.5 Å². The minimum atomic E-state index is 0.209. The number of benzene rings is 1. The fraction of sp³-hybridized carbons (Fsp3) is 0.500. The number of ether oxygens (including phenoxy) is 1. The Hall–Kier alpha value is -0.710. The molecule has 1 atom stereocenters. The first-order chi connectivity index (χ1) is 8.66. The molecule has 0 aromatic heterocycles. The van der Waals surface area contributed by atoms with Crippen LogP contribution in [0.15, 0.2) is 28.7 Å². The molecule has 1 unspecified atom stereocenters. The number of carbonyl (C=O) groups is 1. The lowest BCUT2D eigenvalue weighted by molar-refractivity contribution is 0.0936. The standard InChI is InChI=1S/C14H18BrNO2/c1-16-7-9-18-8-6-13(16)10-14(17)11-2-4-12(15)5-3-11/h2-5,13H,6-10H2,1H3.